The van der Waals surface area contributed by atoms with Gasteiger partial charge < -0.3 is 5.11 Å². The van der Waals surface area contributed by atoms with Gasteiger partial charge in [-0.2, -0.15) is 0 Å². The van der Waals surface area contributed by atoms with Gasteiger partial charge in [-0.25, -0.2) is 0 Å². The quantitative estimate of drug-likeness (QED) is 0.756. The maximum atomic E-state index is 10.7. The zero-order valence-corrected chi connectivity index (χ0v) is 12.1. The van der Waals surface area contributed by atoms with Crippen molar-refractivity contribution in [3.8, 4) is 0 Å². The first-order valence-corrected chi connectivity index (χ1v) is 7.64. The molecule has 2 aliphatic carbocycles. The number of hydrogen-bond acceptors (Lipinski definition) is 1. The summed E-state index contributed by atoms with van der Waals surface area (Å²) in [6.07, 6.45) is 9.42. The van der Waals surface area contributed by atoms with Crippen molar-refractivity contribution >= 4 is 0 Å². The Balaban J connectivity index is 2.26. The fraction of sp³-hybridized carbons (Fsp3) is 1.00. The zero-order chi connectivity index (χ0) is 12.7. The second-order valence-corrected chi connectivity index (χ2v) is 7.20. The lowest BCUT2D eigenvalue weighted by atomic mass is 9.43. The highest BCUT2D eigenvalue weighted by Gasteiger charge is 2.60. The van der Waals surface area contributed by atoms with Crippen LogP contribution < -0.4 is 0 Å². The third-order valence-electron chi connectivity index (χ3n) is 6.00. The lowest BCUT2D eigenvalue weighted by Gasteiger charge is -2.63. The molecule has 0 aromatic heterocycles. The standard InChI is InChI=1S/C16H30O/c1-5-13-8-6-7-9-14-10-12(2)16(14,11-13)15(3,4)17/h12-14,17H,5-11H2,1-4H3. The monoisotopic (exact) mass is 238 g/mol. The molecule has 100 valence electrons. The van der Waals surface area contributed by atoms with Crippen LogP contribution in [0.2, 0.25) is 0 Å². The molecule has 0 aromatic rings. The first-order chi connectivity index (χ1) is 7.91. The van der Waals surface area contributed by atoms with E-state index in [1.807, 2.05) is 0 Å². The summed E-state index contributed by atoms with van der Waals surface area (Å²) in [5.74, 6) is 2.33. The van der Waals surface area contributed by atoms with Crippen LogP contribution in [-0.4, -0.2) is 10.7 Å². The minimum atomic E-state index is -0.500. The van der Waals surface area contributed by atoms with Gasteiger partial charge in [0.05, 0.1) is 5.60 Å². The minimum absolute atomic E-state index is 0.216. The predicted molar refractivity (Wildman–Crippen MR) is 72.9 cm³/mol. The van der Waals surface area contributed by atoms with Crippen molar-refractivity contribution in [3.63, 3.8) is 0 Å². The van der Waals surface area contributed by atoms with E-state index in [0.717, 1.165) is 11.8 Å². The van der Waals surface area contributed by atoms with Gasteiger partial charge in [-0.3, -0.25) is 0 Å². The second kappa shape index (κ2) is 4.57. The minimum Gasteiger partial charge on any atom is -0.390 e. The molecule has 0 bridgehead atoms. The van der Waals surface area contributed by atoms with Crippen LogP contribution in [0.3, 0.4) is 0 Å². The molecule has 2 fully saturated rings. The molecule has 1 N–H and O–H groups in total. The normalized spacial score (nSPS) is 43.2. The summed E-state index contributed by atoms with van der Waals surface area (Å²) in [5.41, 5.74) is -0.284. The molecule has 0 aromatic carbocycles. The Bertz CT molecular complexity index is 265. The summed E-state index contributed by atoms with van der Waals surface area (Å²) in [5, 5.41) is 10.7. The SMILES string of the molecule is CCC1CCCCC2CC(C)C2(C(C)(C)O)C1. The van der Waals surface area contributed by atoms with Crippen LogP contribution in [0.5, 0.6) is 0 Å². The van der Waals surface area contributed by atoms with E-state index < -0.39 is 5.60 Å². The van der Waals surface area contributed by atoms with Crippen molar-refractivity contribution in [2.75, 3.05) is 0 Å². The van der Waals surface area contributed by atoms with Gasteiger partial charge in [-0.05, 0) is 50.9 Å². The van der Waals surface area contributed by atoms with E-state index in [1.54, 1.807) is 0 Å². The van der Waals surface area contributed by atoms with E-state index in [2.05, 4.69) is 27.7 Å². The van der Waals surface area contributed by atoms with Crippen molar-refractivity contribution in [2.45, 2.75) is 78.2 Å². The van der Waals surface area contributed by atoms with Crippen molar-refractivity contribution in [3.05, 3.63) is 0 Å². The highest BCUT2D eigenvalue weighted by atomic mass is 16.3. The predicted octanol–water partition coefficient (Wildman–Crippen LogP) is 4.39. The molecular formula is C16H30O. The van der Waals surface area contributed by atoms with Gasteiger partial charge in [-0.1, -0.05) is 39.5 Å². The molecule has 2 saturated carbocycles. The maximum absolute atomic E-state index is 10.7. The summed E-state index contributed by atoms with van der Waals surface area (Å²) in [6, 6.07) is 0. The van der Waals surface area contributed by atoms with Gasteiger partial charge >= 0.3 is 0 Å². The van der Waals surface area contributed by atoms with E-state index in [9.17, 15) is 5.11 Å². The van der Waals surface area contributed by atoms with Crippen LogP contribution in [0.1, 0.15) is 72.6 Å². The highest BCUT2D eigenvalue weighted by molar-refractivity contribution is 5.09. The molecule has 2 aliphatic rings. The van der Waals surface area contributed by atoms with Crippen LogP contribution >= 0.6 is 0 Å². The third kappa shape index (κ3) is 2.05. The first kappa shape index (κ1) is 13.4. The molecule has 17 heavy (non-hydrogen) atoms. The van der Waals surface area contributed by atoms with Gasteiger partial charge in [0.25, 0.3) is 0 Å². The number of aliphatic hydroxyl groups is 1. The Morgan fingerprint density at radius 2 is 1.88 bits per heavy atom. The molecule has 0 radical (unpaired) electrons. The highest BCUT2D eigenvalue weighted by Crippen LogP contribution is 2.63. The Morgan fingerprint density at radius 1 is 1.24 bits per heavy atom. The van der Waals surface area contributed by atoms with E-state index >= 15 is 0 Å². The largest absolute Gasteiger partial charge is 0.390 e. The van der Waals surface area contributed by atoms with Crippen LogP contribution in [0.15, 0.2) is 0 Å². The molecule has 0 saturated heterocycles. The molecule has 2 rings (SSSR count). The Morgan fingerprint density at radius 3 is 2.41 bits per heavy atom. The average Bonchev–Trinajstić information content (AvgIpc) is 2.21. The van der Waals surface area contributed by atoms with E-state index in [0.29, 0.717) is 5.92 Å². The zero-order valence-electron chi connectivity index (χ0n) is 12.1. The third-order valence-corrected chi connectivity index (χ3v) is 6.00. The van der Waals surface area contributed by atoms with E-state index in [1.165, 1.54) is 44.9 Å². The molecule has 4 atom stereocenters. The number of fused-ring (bicyclic) bond motifs is 1. The van der Waals surface area contributed by atoms with Crippen molar-refractivity contribution in [1.82, 2.24) is 0 Å². The fourth-order valence-electron chi connectivity index (χ4n) is 4.94. The lowest BCUT2D eigenvalue weighted by molar-refractivity contribution is -0.202. The molecule has 1 heteroatoms. The molecule has 0 aliphatic heterocycles. The molecule has 0 heterocycles. The maximum Gasteiger partial charge on any atom is 0.0653 e. The Labute approximate surface area is 107 Å². The fourth-order valence-corrected chi connectivity index (χ4v) is 4.94. The summed E-state index contributed by atoms with van der Waals surface area (Å²) >= 11 is 0. The smallest absolute Gasteiger partial charge is 0.0653 e. The number of rotatable bonds is 2. The van der Waals surface area contributed by atoms with Crippen LogP contribution in [0, 0.1) is 23.2 Å². The van der Waals surface area contributed by atoms with Gasteiger partial charge in [-0.15, -0.1) is 0 Å². The van der Waals surface area contributed by atoms with Crippen LogP contribution in [0.4, 0.5) is 0 Å². The van der Waals surface area contributed by atoms with Gasteiger partial charge in [0.15, 0.2) is 0 Å². The van der Waals surface area contributed by atoms with Gasteiger partial charge in [0.2, 0.25) is 0 Å². The Hall–Kier alpha value is -0.0400. The molecule has 0 spiro atoms. The summed E-state index contributed by atoms with van der Waals surface area (Å²) < 4.78 is 0. The molecule has 4 unspecified atom stereocenters. The topological polar surface area (TPSA) is 20.2 Å². The van der Waals surface area contributed by atoms with E-state index in [-0.39, 0.29) is 5.41 Å². The number of hydrogen-bond donors (Lipinski definition) is 1. The summed E-state index contributed by atoms with van der Waals surface area (Å²) in [7, 11) is 0. The lowest BCUT2D eigenvalue weighted by Crippen LogP contribution is -2.61. The summed E-state index contributed by atoms with van der Waals surface area (Å²) in [6.45, 7) is 8.81. The van der Waals surface area contributed by atoms with Crippen molar-refractivity contribution in [2.24, 2.45) is 23.2 Å². The Kier molecular flexibility index (Phi) is 3.60. The summed E-state index contributed by atoms with van der Waals surface area (Å²) in [4.78, 5) is 0. The van der Waals surface area contributed by atoms with Crippen LogP contribution in [-0.2, 0) is 0 Å². The molecular weight excluding hydrogens is 208 g/mol. The molecule has 0 amide bonds. The van der Waals surface area contributed by atoms with Crippen LogP contribution in [0.25, 0.3) is 0 Å². The second-order valence-electron chi connectivity index (χ2n) is 7.20. The van der Waals surface area contributed by atoms with Gasteiger partial charge in [0, 0.05) is 5.41 Å². The average molecular weight is 238 g/mol. The van der Waals surface area contributed by atoms with Crippen molar-refractivity contribution < 1.29 is 5.11 Å². The van der Waals surface area contributed by atoms with E-state index in [4.69, 9.17) is 0 Å². The molecule has 1 nitrogen and oxygen atoms in total. The first-order valence-electron chi connectivity index (χ1n) is 7.64. The van der Waals surface area contributed by atoms with Gasteiger partial charge in [0.1, 0.15) is 0 Å². The van der Waals surface area contributed by atoms with Crippen molar-refractivity contribution in [1.29, 1.82) is 0 Å².